The Balaban J connectivity index is 1.53. The van der Waals surface area contributed by atoms with Gasteiger partial charge in [-0.15, -0.1) is 0 Å². The zero-order valence-corrected chi connectivity index (χ0v) is 36.7. The van der Waals surface area contributed by atoms with E-state index in [1.807, 2.05) is 24.3 Å². The van der Waals surface area contributed by atoms with Gasteiger partial charge in [-0.25, -0.2) is 5.01 Å². The van der Waals surface area contributed by atoms with Crippen LogP contribution in [0.15, 0.2) is 65.5 Å². The quantitative estimate of drug-likeness (QED) is 0.0804. The number of ketones is 1. The van der Waals surface area contributed by atoms with Crippen molar-refractivity contribution in [1.29, 1.82) is 0 Å². The van der Waals surface area contributed by atoms with Gasteiger partial charge in [-0.3, -0.25) is 19.2 Å². The van der Waals surface area contributed by atoms with Crippen LogP contribution in [0.2, 0.25) is 0 Å². The molecule has 3 aromatic carbocycles. The number of aliphatic hydroxyl groups excluding tert-OH is 2. The van der Waals surface area contributed by atoms with E-state index in [9.17, 15) is 44.7 Å². The number of aromatic hydroxyl groups is 3. The van der Waals surface area contributed by atoms with Gasteiger partial charge in [-0.2, -0.15) is 5.10 Å². The Kier molecular flexibility index (Phi) is 13.4. The van der Waals surface area contributed by atoms with E-state index in [1.54, 1.807) is 39.8 Å². The van der Waals surface area contributed by atoms with Gasteiger partial charge in [0.1, 0.15) is 23.4 Å². The van der Waals surface area contributed by atoms with Gasteiger partial charge in [0.25, 0.3) is 11.7 Å². The number of phenols is 3. The summed E-state index contributed by atoms with van der Waals surface area (Å²) in [7, 11) is 1.42. The lowest BCUT2D eigenvalue weighted by Crippen LogP contribution is -2.46. The van der Waals surface area contributed by atoms with Crippen LogP contribution in [0.1, 0.15) is 81.1 Å². The highest BCUT2D eigenvalue weighted by molar-refractivity contribution is 6.24. The van der Waals surface area contributed by atoms with Gasteiger partial charge in [0, 0.05) is 61.2 Å². The van der Waals surface area contributed by atoms with Gasteiger partial charge in [-0.1, -0.05) is 70.2 Å². The molecule has 6 N–H and O–H groups in total. The Morgan fingerprint density at radius 3 is 2.29 bits per heavy atom. The summed E-state index contributed by atoms with van der Waals surface area (Å²) in [5.74, 6) is -9.38. The van der Waals surface area contributed by atoms with Crippen LogP contribution in [-0.2, 0) is 41.6 Å². The highest BCUT2D eigenvalue weighted by Crippen LogP contribution is 2.55. The zero-order chi connectivity index (χ0) is 46.2. The van der Waals surface area contributed by atoms with Crippen LogP contribution in [0.25, 0.3) is 10.8 Å². The molecular weight excluding hydrogens is 815 g/mol. The minimum Gasteiger partial charge on any atom is -0.507 e. The number of carbonyl (C=O) groups excluding carboxylic acids is 4. The van der Waals surface area contributed by atoms with E-state index in [2.05, 4.69) is 10.4 Å². The van der Waals surface area contributed by atoms with E-state index >= 15 is 0 Å². The second-order valence-electron chi connectivity index (χ2n) is 16.8. The normalized spacial score (nSPS) is 30.0. The maximum absolute atomic E-state index is 14.5. The van der Waals surface area contributed by atoms with Crippen LogP contribution in [0.5, 0.6) is 23.0 Å². The molecule has 0 fully saturated rings. The van der Waals surface area contributed by atoms with Crippen molar-refractivity contribution >= 4 is 46.2 Å². The molecule has 0 saturated carbocycles. The molecule has 63 heavy (non-hydrogen) atoms. The van der Waals surface area contributed by atoms with Crippen molar-refractivity contribution in [1.82, 2.24) is 5.01 Å². The van der Waals surface area contributed by atoms with Crippen LogP contribution in [0.3, 0.4) is 0 Å². The summed E-state index contributed by atoms with van der Waals surface area (Å²) in [4.78, 5) is 53.9. The van der Waals surface area contributed by atoms with Crippen molar-refractivity contribution in [3.63, 3.8) is 0 Å². The molecular formula is C47H55N3O13. The minimum absolute atomic E-state index is 0.00515. The molecule has 0 unspecified atom stereocenters. The van der Waals surface area contributed by atoms with Gasteiger partial charge in [0.2, 0.25) is 5.91 Å². The number of nitrogens with one attached hydrogen (secondary N) is 1. The molecule has 7 rings (SSSR count). The second kappa shape index (κ2) is 18.2. The van der Waals surface area contributed by atoms with Crippen molar-refractivity contribution in [3.8, 4) is 23.0 Å². The lowest BCUT2D eigenvalue weighted by Gasteiger charge is -2.38. The Morgan fingerprint density at radius 2 is 1.62 bits per heavy atom. The maximum Gasteiger partial charge on any atom is 0.312 e. The molecule has 16 nitrogen and oxygen atoms in total. The number of benzene rings is 3. The molecule has 16 heteroatoms. The fourth-order valence-electron chi connectivity index (χ4n) is 8.49. The number of amides is 2. The fraction of sp³-hybridized carbons (Fsp3) is 0.426. The topological polar surface area (TPSA) is 234 Å². The summed E-state index contributed by atoms with van der Waals surface area (Å²) in [5.41, 5.74) is 0.838. The summed E-state index contributed by atoms with van der Waals surface area (Å²) in [6, 6.07) is 7.34. The molecule has 4 heterocycles. The molecule has 9 atom stereocenters. The average molecular weight is 870 g/mol. The van der Waals surface area contributed by atoms with Crippen molar-refractivity contribution in [2.75, 3.05) is 12.4 Å². The fourth-order valence-corrected chi connectivity index (χ4v) is 8.49. The lowest BCUT2D eigenvalue weighted by molar-refractivity contribution is -0.160. The first-order chi connectivity index (χ1) is 29.7. The predicted molar refractivity (Wildman–Crippen MR) is 232 cm³/mol. The molecule has 4 aliphatic rings. The third-order valence-electron chi connectivity index (χ3n) is 12.4. The third kappa shape index (κ3) is 8.75. The zero-order valence-electron chi connectivity index (χ0n) is 36.7. The molecule has 0 saturated heterocycles. The number of carbonyl (C=O) groups is 4. The maximum atomic E-state index is 14.5. The number of Topliss-reactive ketones (excluding diaryl/α,β-unsaturated/α-hetero) is 1. The number of allylic oxidation sites excluding steroid dienone is 2. The standard InChI is InChI=1S/C47H55N3O13/c1-22-13-12-14-23(2)46(59)49-37-31(20-48-50-21-30-16-11-10-15-29(30)19-33(50)52)41(56)34-35(42(37)57)40(55)27(6)44-36(34)45(58)47(8,63-44)61-18-17-32(60-9)24(3)43(62-28(7)51)26(5)39(54)25(4)38(22)53/h10-18,20,22,24-26,32,38-39,43,53-57H,19,21H2,1-9H3,(H,49,59)/b13-12+,18-17+,23-14-,48-20?/t22-,24-,25+,26-,32-,38-,39+,43+,47-/m0/s1. The molecule has 5 bridgehead atoms. The number of hydrogen-bond donors (Lipinski definition) is 6. The first kappa shape index (κ1) is 46.3. The molecule has 4 aliphatic heterocycles. The first-order valence-electron chi connectivity index (χ1n) is 20.7. The van der Waals surface area contributed by atoms with E-state index in [4.69, 9.17) is 18.9 Å². The Labute approximate surface area is 365 Å². The Morgan fingerprint density at radius 1 is 0.937 bits per heavy atom. The first-order valence-corrected chi connectivity index (χ1v) is 20.7. The number of aliphatic hydroxyl groups is 2. The summed E-state index contributed by atoms with van der Waals surface area (Å²) in [6.45, 7) is 12.4. The van der Waals surface area contributed by atoms with E-state index in [0.29, 0.717) is 0 Å². The molecule has 2 amide bonds. The summed E-state index contributed by atoms with van der Waals surface area (Å²) in [5, 5.41) is 66.2. The number of methoxy groups -OCH3 is 1. The number of anilines is 1. The highest BCUT2D eigenvalue weighted by Gasteiger charge is 2.50. The van der Waals surface area contributed by atoms with E-state index in [0.717, 1.165) is 17.3 Å². The van der Waals surface area contributed by atoms with Crippen LogP contribution in [0.4, 0.5) is 5.69 Å². The van der Waals surface area contributed by atoms with Crippen LogP contribution < -0.4 is 10.1 Å². The van der Waals surface area contributed by atoms with Crippen LogP contribution in [-0.4, -0.2) is 97.6 Å². The number of ether oxygens (including phenoxy) is 4. The van der Waals surface area contributed by atoms with E-state index in [1.165, 1.54) is 58.2 Å². The average Bonchev–Trinajstić information content (AvgIpc) is 3.51. The van der Waals surface area contributed by atoms with Crippen LogP contribution >= 0.6 is 0 Å². The second-order valence-corrected chi connectivity index (χ2v) is 16.8. The van der Waals surface area contributed by atoms with Gasteiger partial charge < -0.3 is 49.8 Å². The molecule has 3 aromatic rings. The monoisotopic (exact) mass is 869 g/mol. The van der Waals surface area contributed by atoms with E-state index in [-0.39, 0.29) is 63.3 Å². The smallest absolute Gasteiger partial charge is 0.312 e. The molecule has 0 spiro atoms. The number of fused-ring (bicyclic) bond motifs is 15. The molecule has 0 radical (unpaired) electrons. The Bertz CT molecular complexity index is 2460. The number of hydrogen-bond acceptors (Lipinski definition) is 14. The predicted octanol–water partition coefficient (Wildman–Crippen LogP) is 5.67. The number of nitrogens with zero attached hydrogens (tertiary/aromatic N) is 2. The Hall–Kier alpha value is -6.23. The summed E-state index contributed by atoms with van der Waals surface area (Å²) < 4.78 is 23.6. The van der Waals surface area contributed by atoms with Crippen molar-refractivity contribution in [3.05, 3.63) is 88.2 Å². The minimum atomic E-state index is -2.10. The van der Waals surface area contributed by atoms with Gasteiger partial charge in [0.15, 0.2) is 5.75 Å². The highest BCUT2D eigenvalue weighted by atomic mass is 16.7. The van der Waals surface area contributed by atoms with E-state index < -0.39 is 88.8 Å². The van der Waals surface area contributed by atoms with Crippen molar-refractivity contribution in [2.45, 2.75) is 98.6 Å². The SMILES string of the molecule is CO[C@H]1/C=C/O[C@@]2(C)Oc3c(C)c(O)c4c(O)c(c(C=NN5Cc6ccccc6CC5=O)c(O)c4c3C2=O)NC(=O)/C(C)=C\C=C\[C@H](C)[C@H](O)[C@@H](C)[C@@H](O)[C@H](C)[C@H](OC(C)=O)[C@H]1C. The third-order valence-corrected chi connectivity index (χ3v) is 12.4. The molecule has 336 valence electrons. The summed E-state index contributed by atoms with van der Waals surface area (Å²) >= 11 is 0. The van der Waals surface area contributed by atoms with Crippen molar-refractivity contribution in [2.24, 2.45) is 28.8 Å². The molecule has 0 aromatic heterocycles. The largest absolute Gasteiger partial charge is 0.507 e. The lowest BCUT2D eigenvalue weighted by atomic mass is 9.78. The van der Waals surface area contributed by atoms with Crippen molar-refractivity contribution < 1.29 is 63.7 Å². The van der Waals surface area contributed by atoms with Crippen LogP contribution in [0, 0.1) is 30.6 Å². The van der Waals surface area contributed by atoms with Gasteiger partial charge in [-0.05, 0) is 31.1 Å². The number of esters is 1. The number of phenolic OH excluding ortho intramolecular Hbond substituents is 3. The number of rotatable bonds is 4. The molecule has 0 aliphatic carbocycles. The number of hydrazone groups is 1. The van der Waals surface area contributed by atoms with Gasteiger partial charge >= 0.3 is 11.8 Å². The summed E-state index contributed by atoms with van der Waals surface area (Å²) in [6.07, 6.45) is 4.42. The van der Waals surface area contributed by atoms with Gasteiger partial charge in [0.05, 0.1) is 66.0 Å².